The predicted octanol–water partition coefficient (Wildman–Crippen LogP) is 1.99. The molecule has 1 fully saturated rings. The average molecular weight is 303 g/mol. The molecule has 2 heterocycles. The minimum atomic E-state index is -0.269. The van der Waals surface area contributed by atoms with Gasteiger partial charge in [-0.2, -0.15) is 0 Å². The maximum atomic E-state index is 13.0. The summed E-state index contributed by atoms with van der Waals surface area (Å²) in [5.41, 5.74) is 1.48. The normalized spacial score (nSPS) is 15.7. The fourth-order valence-electron chi connectivity index (χ4n) is 2.28. The second kappa shape index (κ2) is 7.29. The molecule has 5 nitrogen and oxygen atoms in total. The lowest BCUT2D eigenvalue weighted by molar-refractivity contribution is 0.0320. The molecule has 0 radical (unpaired) electrons. The van der Waals surface area contributed by atoms with Crippen LogP contribution in [0.3, 0.4) is 0 Å². The fraction of sp³-hybridized carbons (Fsp3) is 0.375. The van der Waals surface area contributed by atoms with E-state index in [0.717, 1.165) is 38.4 Å². The van der Waals surface area contributed by atoms with Crippen LogP contribution in [0.2, 0.25) is 0 Å². The van der Waals surface area contributed by atoms with Crippen LogP contribution >= 0.6 is 0 Å². The smallest absolute Gasteiger partial charge is 0.232 e. The molecule has 1 aromatic carbocycles. The SMILES string of the molecule is Fc1ccc(-c2cncc(OCCN3CCOCC3)n2)cc1. The van der Waals surface area contributed by atoms with E-state index < -0.39 is 0 Å². The van der Waals surface area contributed by atoms with Gasteiger partial charge in [0.15, 0.2) is 0 Å². The number of nitrogens with zero attached hydrogens (tertiary/aromatic N) is 3. The summed E-state index contributed by atoms with van der Waals surface area (Å²) in [4.78, 5) is 10.8. The van der Waals surface area contributed by atoms with Crippen LogP contribution < -0.4 is 4.74 Å². The molecule has 0 amide bonds. The molecule has 0 saturated carbocycles. The zero-order valence-electron chi connectivity index (χ0n) is 12.2. The van der Waals surface area contributed by atoms with Gasteiger partial charge in [-0.1, -0.05) is 0 Å². The van der Waals surface area contributed by atoms with Gasteiger partial charge in [0, 0.05) is 25.2 Å². The van der Waals surface area contributed by atoms with Crippen LogP contribution in [0.5, 0.6) is 5.88 Å². The molecule has 1 saturated heterocycles. The van der Waals surface area contributed by atoms with Crippen molar-refractivity contribution in [2.75, 3.05) is 39.5 Å². The van der Waals surface area contributed by atoms with E-state index >= 15 is 0 Å². The van der Waals surface area contributed by atoms with Crippen LogP contribution in [-0.4, -0.2) is 54.3 Å². The van der Waals surface area contributed by atoms with Gasteiger partial charge in [-0.15, -0.1) is 0 Å². The Morgan fingerprint density at radius 2 is 1.91 bits per heavy atom. The van der Waals surface area contributed by atoms with Crippen molar-refractivity contribution in [1.29, 1.82) is 0 Å². The van der Waals surface area contributed by atoms with Gasteiger partial charge in [-0.05, 0) is 24.3 Å². The van der Waals surface area contributed by atoms with E-state index in [1.807, 2.05) is 0 Å². The van der Waals surface area contributed by atoms with E-state index in [-0.39, 0.29) is 5.82 Å². The minimum Gasteiger partial charge on any atom is -0.475 e. The van der Waals surface area contributed by atoms with E-state index in [0.29, 0.717) is 18.2 Å². The Hall–Kier alpha value is -2.05. The molecule has 0 aliphatic carbocycles. The number of aromatic nitrogens is 2. The van der Waals surface area contributed by atoms with Crippen molar-refractivity contribution in [2.24, 2.45) is 0 Å². The van der Waals surface area contributed by atoms with Gasteiger partial charge in [-0.25, -0.2) is 9.37 Å². The van der Waals surface area contributed by atoms with Crippen LogP contribution in [0.15, 0.2) is 36.7 Å². The van der Waals surface area contributed by atoms with Crippen LogP contribution in [0.1, 0.15) is 0 Å². The quantitative estimate of drug-likeness (QED) is 0.845. The zero-order chi connectivity index (χ0) is 15.2. The second-order valence-electron chi connectivity index (χ2n) is 5.05. The summed E-state index contributed by atoms with van der Waals surface area (Å²) in [5, 5.41) is 0. The molecule has 116 valence electrons. The van der Waals surface area contributed by atoms with Gasteiger partial charge in [0.1, 0.15) is 12.4 Å². The molecular weight excluding hydrogens is 285 g/mol. The Morgan fingerprint density at radius 3 is 2.68 bits per heavy atom. The number of halogens is 1. The molecule has 0 unspecified atom stereocenters. The van der Waals surface area contributed by atoms with Crippen molar-refractivity contribution in [3.05, 3.63) is 42.5 Å². The van der Waals surface area contributed by atoms with E-state index in [4.69, 9.17) is 9.47 Å². The van der Waals surface area contributed by atoms with E-state index in [2.05, 4.69) is 14.9 Å². The molecule has 1 aromatic heterocycles. The summed E-state index contributed by atoms with van der Waals surface area (Å²) >= 11 is 0. The number of morpholine rings is 1. The Bertz CT molecular complexity index is 601. The number of benzene rings is 1. The molecule has 0 N–H and O–H groups in total. The fourth-order valence-corrected chi connectivity index (χ4v) is 2.28. The average Bonchev–Trinajstić information content (AvgIpc) is 2.57. The molecule has 2 aromatic rings. The van der Waals surface area contributed by atoms with Crippen LogP contribution in [0.25, 0.3) is 11.3 Å². The standard InChI is InChI=1S/C16H18FN3O2/c17-14-3-1-13(2-4-14)15-11-18-12-16(19-15)22-10-7-20-5-8-21-9-6-20/h1-4,11-12H,5-10H2. The molecular formula is C16H18FN3O2. The highest BCUT2D eigenvalue weighted by atomic mass is 19.1. The van der Waals surface area contributed by atoms with Crippen LogP contribution in [0.4, 0.5) is 4.39 Å². The lowest BCUT2D eigenvalue weighted by Gasteiger charge is -2.26. The Kier molecular flexibility index (Phi) is 4.92. The summed E-state index contributed by atoms with van der Waals surface area (Å²) < 4.78 is 23.9. The lowest BCUT2D eigenvalue weighted by atomic mass is 10.1. The maximum Gasteiger partial charge on any atom is 0.232 e. The first kappa shape index (κ1) is 14.9. The van der Waals surface area contributed by atoms with Crippen molar-refractivity contribution in [3.8, 4) is 17.1 Å². The Balaban J connectivity index is 1.57. The van der Waals surface area contributed by atoms with Gasteiger partial charge in [0.05, 0.1) is 31.3 Å². The largest absolute Gasteiger partial charge is 0.475 e. The van der Waals surface area contributed by atoms with E-state index in [1.54, 1.807) is 24.5 Å². The first-order valence-electron chi connectivity index (χ1n) is 7.32. The van der Waals surface area contributed by atoms with Crippen LogP contribution in [-0.2, 0) is 4.74 Å². The van der Waals surface area contributed by atoms with E-state index in [9.17, 15) is 4.39 Å². The molecule has 0 atom stereocenters. The van der Waals surface area contributed by atoms with Gasteiger partial charge in [0.25, 0.3) is 0 Å². The third kappa shape index (κ3) is 3.99. The lowest BCUT2D eigenvalue weighted by Crippen LogP contribution is -2.38. The van der Waals surface area contributed by atoms with Gasteiger partial charge in [-0.3, -0.25) is 9.88 Å². The number of ether oxygens (including phenoxy) is 2. The highest BCUT2D eigenvalue weighted by molar-refractivity contribution is 5.58. The third-order valence-electron chi connectivity index (χ3n) is 3.51. The molecule has 6 heteroatoms. The van der Waals surface area contributed by atoms with Crippen molar-refractivity contribution >= 4 is 0 Å². The molecule has 1 aliphatic rings. The second-order valence-corrected chi connectivity index (χ2v) is 5.05. The maximum absolute atomic E-state index is 13.0. The third-order valence-corrected chi connectivity index (χ3v) is 3.51. The molecule has 3 rings (SSSR count). The van der Waals surface area contributed by atoms with Crippen molar-refractivity contribution < 1.29 is 13.9 Å². The Labute approximate surface area is 128 Å². The van der Waals surface area contributed by atoms with Gasteiger partial charge < -0.3 is 9.47 Å². The summed E-state index contributed by atoms with van der Waals surface area (Å²) in [7, 11) is 0. The van der Waals surface area contributed by atoms with Crippen LogP contribution in [0, 0.1) is 5.82 Å². The minimum absolute atomic E-state index is 0.269. The molecule has 1 aliphatic heterocycles. The molecule has 0 bridgehead atoms. The number of rotatable bonds is 5. The molecule has 22 heavy (non-hydrogen) atoms. The highest BCUT2D eigenvalue weighted by Crippen LogP contribution is 2.18. The zero-order valence-corrected chi connectivity index (χ0v) is 12.2. The van der Waals surface area contributed by atoms with Crippen molar-refractivity contribution in [3.63, 3.8) is 0 Å². The summed E-state index contributed by atoms with van der Waals surface area (Å²) in [6.45, 7) is 4.82. The Morgan fingerprint density at radius 1 is 1.14 bits per heavy atom. The highest BCUT2D eigenvalue weighted by Gasteiger charge is 2.10. The van der Waals surface area contributed by atoms with Gasteiger partial charge >= 0.3 is 0 Å². The molecule has 0 spiro atoms. The number of hydrogen-bond donors (Lipinski definition) is 0. The number of hydrogen-bond acceptors (Lipinski definition) is 5. The first-order valence-corrected chi connectivity index (χ1v) is 7.32. The van der Waals surface area contributed by atoms with Gasteiger partial charge in [0.2, 0.25) is 5.88 Å². The topological polar surface area (TPSA) is 47.5 Å². The first-order chi connectivity index (χ1) is 10.8. The van der Waals surface area contributed by atoms with E-state index in [1.165, 1.54) is 12.1 Å². The van der Waals surface area contributed by atoms with Crippen molar-refractivity contribution in [1.82, 2.24) is 14.9 Å². The summed E-state index contributed by atoms with van der Waals surface area (Å²) in [6.07, 6.45) is 3.23. The summed E-state index contributed by atoms with van der Waals surface area (Å²) in [5.74, 6) is 0.213. The van der Waals surface area contributed by atoms with Crippen molar-refractivity contribution in [2.45, 2.75) is 0 Å². The monoisotopic (exact) mass is 303 g/mol. The predicted molar refractivity (Wildman–Crippen MR) is 80.2 cm³/mol. The summed E-state index contributed by atoms with van der Waals surface area (Å²) in [6, 6.07) is 6.17.